The Morgan fingerprint density at radius 2 is 2.22 bits per heavy atom. The summed E-state index contributed by atoms with van der Waals surface area (Å²) < 4.78 is 37.9. The van der Waals surface area contributed by atoms with Crippen LogP contribution in [0.2, 0.25) is 0 Å². The number of halogens is 3. The number of amidine groups is 1. The van der Waals surface area contributed by atoms with Crippen LogP contribution in [-0.2, 0) is 16.7 Å². The first kappa shape index (κ1) is 20.8. The van der Waals surface area contributed by atoms with E-state index in [1.165, 1.54) is 18.4 Å². The highest BCUT2D eigenvalue weighted by Crippen LogP contribution is 2.36. The summed E-state index contributed by atoms with van der Waals surface area (Å²) in [6, 6.07) is 6.06. The fourth-order valence-electron chi connectivity index (χ4n) is 2.66. The standard InChI is InChI=1S/C17H18F2N4O3.ClH/c1-2-14-22-12(7-26-14)15(24)21-11-5-3-4-10(6-11)17(16(18)19)9-25-8-13(20)23-17;/h3-7,16H,2,8-9H2,1H3,(H2,20,23)(H,21,24);1H. The number of nitrogens with zero attached hydrogens (tertiary/aromatic N) is 2. The van der Waals surface area contributed by atoms with Gasteiger partial charge in [0.15, 0.2) is 17.1 Å². The Morgan fingerprint density at radius 3 is 2.85 bits per heavy atom. The van der Waals surface area contributed by atoms with Crippen molar-refractivity contribution < 1.29 is 22.7 Å². The summed E-state index contributed by atoms with van der Waals surface area (Å²) in [7, 11) is 0. The molecule has 3 N–H and O–H groups in total. The highest BCUT2D eigenvalue weighted by atomic mass is 35.5. The van der Waals surface area contributed by atoms with E-state index >= 15 is 0 Å². The van der Waals surface area contributed by atoms with Crippen LogP contribution in [0.1, 0.15) is 28.9 Å². The normalized spacial score (nSPS) is 19.3. The zero-order valence-corrected chi connectivity index (χ0v) is 15.3. The van der Waals surface area contributed by atoms with Crippen molar-refractivity contribution >= 4 is 29.8 Å². The lowest BCUT2D eigenvalue weighted by atomic mass is 9.90. The third-order valence-electron chi connectivity index (χ3n) is 3.98. The van der Waals surface area contributed by atoms with Gasteiger partial charge in [-0.15, -0.1) is 12.4 Å². The first-order valence-electron chi connectivity index (χ1n) is 8.01. The highest BCUT2D eigenvalue weighted by Gasteiger charge is 2.44. The van der Waals surface area contributed by atoms with E-state index in [2.05, 4.69) is 15.3 Å². The number of carbonyl (C=O) groups is 1. The zero-order chi connectivity index (χ0) is 18.7. The molecule has 1 aliphatic heterocycles. The predicted octanol–water partition coefficient (Wildman–Crippen LogP) is 2.76. The Kier molecular flexibility index (Phi) is 6.50. The van der Waals surface area contributed by atoms with Crippen LogP contribution in [0.5, 0.6) is 0 Å². The molecular weight excluding hydrogens is 382 g/mol. The Bertz CT molecular complexity index is 843. The van der Waals surface area contributed by atoms with Gasteiger partial charge < -0.3 is 20.2 Å². The number of oxazole rings is 1. The third-order valence-corrected chi connectivity index (χ3v) is 3.98. The summed E-state index contributed by atoms with van der Waals surface area (Å²) in [6.45, 7) is 1.56. The van der Waals surface area contributed by atoms with Gasteiger partial charge in [-0.05, 0) is 17.7 Å². The van der Waals surface area contributed by atoms with E-state index in [4.69, 9.17) is 14.9 Å². The van der Waals surface area contributed by atoms with Crippen LogP contribution in [0.3, 0.4) is 0 Å². The first-order chi connectivity index (χ1) is 12.4. The van der Waals surface area contributed by atoms with Gasteiger partial charge in [0.1, 0.15) is 18.7 Å². The predicted molar refractivity (Wildman–Crippen MR) is 97.6 cm³/mol. The van der Waals surface area contributed by atoms with Crippen LogP contribution in [0.4, 0.5) is 14.5 Å². The zero-order valence-electron chi connectivity index (χ0n) is 14.4. The maximum absolute atomic E-state index is 13.8. The van der Waals surface area contributed by atoms with Gasteiger partial charge in [-0.2, -0.15) is 0 Å². The van der Waals surface area contributed by atoms with Gasteiger partial charge in [0.05, 0.1) is 6.61 Å². The van der Waals surface area contributed by atoms with Gasteiger partial charge in [0.2, 0.25) is 0 Å². The number of carbonyl (C=O) groups excluding carboxylic acids is 1. The lowest BCUT2D eigenvalue weighted by Crippen LogP contribution is -2.44. The van der Waals surface area contributed by atoms with Gasteiger partial charge in [0, 0.05) is 12.1 Å². The van der Waals surface area contributed by atoms with E-state index in [0.717, 1.165) is 0 Å². The molecule has 2 heterocycles. The van der Waals surface area contributed by atoms with Crippen LogP contribution in [0, 0.1) is 0 Å². The summed E-state index contributed by atoms with van der Waals surface area (Å²) >= 11 is 0. The number of alkyl halides is 2. The maximum atomic E-state index is 13.8. The number of benzene rings is 1. The number of hydrogen-bond donors (Lipinski definition) is 2. The molecule has 0 spiro atoms. The molecule has 1 unspecified atom stereocenters. The molecule has 1 amide bonds. The van der Waals surface area contributed by atoms with Gasteiger partial charge >= 0.3 is 0 Å². The molecule has 3 rings (SSSR count). The van der Waals surface area contributed by atoms with Crippen molar-refractivity contribution in [1.82, 2.24) is 4.98 Å². The molecule has 7 nitrogen and oxygen atoms in total. The van der Waals surface area contributed by atoms with Gasteiger partial charge in [-0.3, -0.25) is 9.79 Å². The molecule has 1 aromatic heterocycles. The van der Waals surface area contributed by atoms with Crippen molar-refractivity contribution in [2.75, 3.05) is 18.5 Å². The number of nitrogens with two attached hydrogens (primary N) is 1. The average Bonchev–Trinajstić information content (AvgIpc) is 3.11. The van der Waals surface area contributed by atoms with E-state index in [0.29, 0.717) is 18.0 Å². The minimum Gasteiger partial charge on any atom is -0.448 e. The van der Waals surface area contributed by atoms with E-state index in [-0.39, 0.29) is 42.7 Å². The largest absolute Gasteiger partial charge is 0.448 e. The maximum Gasteiger partial charge on any atom is 0.277 e. The molecule has 2 aromatic rings. The average molecular weight is 401 g/mol. The molecule has 10 heteroatoms. The molecule has 1 aromatic carbocycles. The Morgan fingerprint density at radius 1 is 1.44 bits per heavy atom. The van der Waals surface area contributed by atoms with E-state index in [9.17, 15) is 13.6 Å². The second-order valence-electron chi connectivity index (χ2n) is 5.84. The van der Waals surface area contributed by atoms with Gasteiger partial charge in [-0.1, -0.05) is 19.1 Å². The number of ether oxygens (including phenoxy) is 1. The number of aromatic nitrogens is 1. The molecule has 146 valence electrons. The van der Waals surface area contributed by atoms with E-state index in [1.54, 1.807) is 12.1 Å². The minimum atomic E-state index is -2.82. The fraction of sp³-hybridized carbons (Fsp3) is 0.353. The molecule has 0 aliphatic carbocycles. The van der Waals surface area contributed by atoms with E-state index in [1.807, 2.05) is 6.92 Å². The van der Waals surface area contributed by atoms with Crippen LogP contribution < -0.4 is 11.1 Å². The van der Waals surface area contributed by atoms with Crippen molar-refractivity contribution in [2.24, 2.45) is 10.7 Å². The third kappa shape index (κ3) is 4.25. The van der Waals surface area contributed by atoms with Crippen molar-refractivity contribution in [1.29, 1.82) is 0 Å². The topological polar surface area (TPSA) is 103 Å². The Labute approximate surface area is 160 Å². The minimum absolute atomic E-state index is 0. The SMILES string of the molecule is CCc1nc(C(=O)Nc2cccc(C3(C(F)F)COCC(N)=N3)c2)co1.Cl. The molecule has 1 atom stereocenters. The van der Waals surface area contributed by atoms with Crippen LogP contribution in [0.15, 0.2) is 39.9 Å². The van der Waals surface area contributed by atoms with Crippen molar-refractivity contribution in [2.45, 2.75) is 25.3 Å². The highest BCUT2D eigenvalue weighted by molar-refractivity contribution is 6.02. The second-order valence-corrected chi connectivity index (χ2v) is 5.84. The Hall–Kier alpha value is -2.52. The van der Waals surface area contributed by atoms with Crippen LogP contribution in [-0.4, -0.2) is 36.4 Å². The number of nitrogens with one attached hydrogen (secondary N) is 1. The number of anilines is 1. The quantitative estimate of drug-likeness (QED) is 0.803. The monoisotopic (exact) mass is 400 g/mol. The molecule has 27 heavy (non-hydrogen) atoms. The Balaban J connectivity index is 0.00000261. The van der Waals surface area contributed by atoms with Crippen molar-refractivity contribution in [3.8, 4) is 0 Å². The molecule has 1 aliphatic rings. The molecule has 0 bridgehead atoms. The lowest BCUT2D eigenvalue weighted by molar-refractivity contribution is -0.0129. The molecule has 0 saturated carbocycles. The number of amides is 1. The van der Waals surface area contributed by atoms with Crippen LogP contribution >= 0.6 is 12.4 Å². The number of aryl methyl sites for hydroxylation is 1. The number of rotatable bonds is 5. The van der Waals surface area contributed by atoms with Gasteiger partial charge in [-0.25, -0.2) is 13.8 Å². The summed E-state index contributed by atoms with van der Waals surface area (Å²) in [6.07, 6.45) is -1.02. The smallest absolute Gasteiger partial charge is 0.277 e. The molecule has 0 saturated heterocycles. The van der Waals surface area contributed by atoms with Crippen molar-refractivity contribution in [3.05, 3.63) is 47.7 Å². The fourth-order valence-corrected chi connectivity index (χ4v) is 2.66. The summed E-state index contributed by atoms with van der Waals surface area (Å²) in [5.41, 5.74) is 4.34. The lowest BCUT2D eigenvalue weighted by Gasteiger charge is -2.33. The molecule has 0 radical (unpaired) electrons. The summed E-state index contributed by atoms with van der Waals surface area (Å²) in [5, 5.41) is 2.62. The first-order valence-corrected chi connectivity index (χ1v) is 8.01. The number of aliphatic imine (C=N–C) groups is 1. The molecular formula is C17H19ClF2N4O3. The molecule has 0 fully saturated rings. The second kappa shape index (κ2) is 8.45. The summed E-state index contributed by atoms with van der Waals surface area (Å²) in [5.74, 6) is -0.0648. The van der Waals surface area contributed by atoms with Crippen LogP contribution in [0.25, 0.3) is 0 Å². The van der Waals surface area contributed by atoms with E-state index < -0.39 is 17.9 Å². The number of hydrogen-bond acceptors (Lipinski definition) is 6. The van der Waals surface area contributed by atoms with Gasteiger partial charge in [0.25, 0.3) is 12.3 Å². The van der Waals surface area contributed by atoms with Crippen molar-refractivity contribution in [3.63, 3.8) is 0 Å². The summed E-state index contributed by atoms with van der Waals surface area (Å²) in [4.78, 5) is 20.2.